The maximum atomic E-state index is 12.3. The molecule has 6 nitrogen and oxygen atoms in total. The van der Waals surface area contributed by atoms with Crippen molar-refractivity contribution < 1.29 is 4.79 Å². The van der Waals surface area contributed by atoms with Crippen LogP contribution in [0.5, 0.6) is 0 Å². The smallest absolute Gasteiger partial charge is 0.275 e. The van der Waals surface area contributed by atoms with Crippen molar-refractivity contribution in [3.05, 3.63) is 72.2 Å². The highest BCUT2D eigenvalue weighted by molar-refractivity contribution is 6.02. The van der Waals surface area contributed by atoms with Gasteiger partial charge in [-0.25, -0.2) is 9.97 Å². The van der Waals surface area contributed by atoms with Crippen molar-refractivity contribution in [2.75, 3.05) is 29.6 Å². The van der Waals surface area contributed by atoms with Crippen LogP contribution in [0, 0.1) is 0 Å². The molecule has 1 heterocycles. The van der Waals surface area contributed by atoms with Gasteiger partial charge in [0.25, 0.3) is 5.91 Å². The molecule has 2 aromatic carbocycles. The SMILES string of the molecule is CCc1ccc(Nc2cnc(C(=O)Nc3ccc(N(C)C)cc3)cn2)cc1. The van der Waals surface area contributed by atoms with E-state index in [4.69, 9.17) is 0 Å². The number of hydrogen-bond donors (Lipinski definition) is 2. The first-order valence-corrected chi connectivity index (χ1v) is 8.82. The van der Waals surface area contributed by atoms with Crippen LogP contribution in [0.4, 0.5) is 22.9 Å². The summed E-state index contributed by atoms with van der Waals surface area (Å²) in [7, 11) is 3.94. The number of hydrogen-bond acceptors (Lipinski definition) is 5. The molecule has 3 rings (SSSR count). The normalized spacial score (nSPS) is 10.3. The predicted octanol–water partition coefficient (Wildman–Crippen LogP) is 4.10. The highest BCUT2D eigenvalue weighted by Crippen LogP contribution is 2.17. The molecule has 27 heavy (non-hydrogen) atoms. The molecule has 0 saturated carbocycles. The molecule has 0 aliphatic rings. The van der Waals surface area contributed by atoms with E-state index in [2.05, 4.69) is 39.7 Å². The summed E-state index contributed by atoms with van der Waals surface area (Å²) in [4.78, 5) is 22.8. The van der Waals surface area contributed by atoms with E-state index in [9.17, 15) is 4.79 Å². The summed E-state index contributed by atoms with van der Waals surface area (Å²) < 4.78 is 0. The Morgan fingerprint density at radius 3 is 2.15 bits per heavy atom. The van der Waals surface area contributed by atoms with Gasteiger partial charge in [-0.2, -0.15) is 0 Å². The minimum Gasteiger partial charge on any atom is -0.378 e. The second-order valence-electron chi connectivity index (χ2n) is 6.36. The molecular formula is C21H23N5O. The molecule has 0 aliphatic heterocycles. The summed E-state index contributed by atoms with van der Waals surface area (Å²) in [6, 6.07) is 15.7. The topological polar surface area (TPSA) is 70.2 Å². The molecule has 0 unspecified atom stereocenters. The van der Waals surface area contributed by atoms with Gasteiger partial charge in [-0.15, -0.1) is 0 Å². The molecule has 0 aliphatic carbocycles. The Balaban J connectivity index is 1.62. The Kier molecular flexibility index (Phi) is 5.66. The standard InChI is InChI=1S/C21H23N5O/c1-4-15-5-7-16(8-6-15)24-20-14-22-19(13-23-20)21(27)25-17-9-11-18(12-10-17)26(2)3/h5-14H,4H2,1-3H3,(H,23,24)(H,25,27). The van der Waals surface area contributed by atoms with E-state index < -0.39 is 0 Å². The molecule has 3 aromatic rings. The molecule has 2 N–H and O–H groups in total. The van der Waals surface area contributed by atoms with E-state index >= 15 is 0 Å². The number of carbonyl (C=O) groups excluding carboxylic acids is 1. The maximum absolute atomic E-state index is 12.3. The molecule has 138 valence electrons. The van der Waals surface area contributed by atoms with Crippen LogP contribution in [-0.2, 0) is 6.42 Å². The molecule has 0 atom stereocenters. The van der Waals surface area contributed by atoms with Crippen molar-refractivity contribution in [2.24, 2.45) is 0 Å². The van der Waals surface area contributed by atoms with E-state index in [0.29, 0.717) is 11.5 Å². The van der Waals surface area contributed by atoms with Gasteiger partial charge in [0.1, 0.15) is 11.5 Å². The van der Waals surface area contributed by atoms with Crippen molar-refractivity contribution in [1.29, 1.82) is 0 Å². The predicted molar refractivity (Wildman–Crippen MR) is 110 cm³/mol. The van der Waals surface area contributed by atoms with Crippen LogP contribution in [0.15, 0.2) is 60.9 Å². The highest BCUT2D eigenvalue weighted by Gasteiger charge is 2.09. The fraction of sp³-hybridized carbons (Fsp3) is 0.190. The third-order valence-electron chi connectivity index (χ3n) is 4.16. The van der Waals surface area contributed by atoms with Gasteiger partial charge in [0.05, 0.1) is 12.4 Å². The first-order chi connectivity index (χ1) is 13.0. The quantitative estimate of drug-likeness (QED) is 0.692. The number of carbonyl (C=O) groups is 1. The van der Waals surface area contributed by atoms with Crippen molar-refractivity contribution in [1.82, 2.24) is 9.97 Å². The third-order valence-corrected chi connectivity index (χ3v) is 4.16. The number of aromatic nitrogens is 2. The van der Waals surface area contributed by atoms with Gasteiger partial charge < -0.3 is 15.5 Å². The molecular weight excluding hydrogens is 338 g/mol. The lowest BCUT2D eigenvalue weighted by molar-refractivity contribution is 0.102. The Morgan fingerprint density at radius 1 is 0.926 bits per heavy atom. The third kappa shape index (κ3) is 4.82. The van der Waals surface area contributed by atoms with Gasteiger partial charge in [0, 0.05) is 31.2 Å². The van der Waals surface area contributed by atoms with E-state index in [0.717, 1.165) is 17.8 Å². The number of anilines is 4. The molecule has 0 fully saturated rings. The van der Waals surface area contributed by atoms with E-state index in [-0.39, 0.29) is 11.6 Å². The summed E-state index contributed by atoms with van der Waals surface area (Å²) in [5.74, 6) is 0.296. The van der Waals surface area contributed by atoms with E-state index in [1.54, 1.807) is 6.20 Å². The highest BCUT2D eigenvalue weighted by atomic mass is 16.1. The van der Waals surface area contributed by atoms with Gasteiger partial charge in [-0.05, 0) is 48.4 Å². The van der Waals surface area contributed by atoms with Crippen LogP contribution < -0.4 is 15.5 Å². The van der Waals surface area contributed by atoms with E-state index in [1.165, 1.54) is 11.8 Å². The first kappa shape index (κ1) is 18.4. The molecule has 1 aromatic heterocycles. The number of benzene rings is 2. The molecule has 0 radical (unpaired) electrons. The Hall–Kier alpha value is -3.41. The summed E-state index contributed by atoms with van der Waals surface area (Å²) in [6.07, 6.45) is 4.02. The van der Waals surface area contributed by atoms with Crippen LogP contribution in [0.1, 0.15) is 23.0 Å². The Bertz CT molecular complexity index is 887. The summed E-state index contributed by atoms with van der Waals surface area (Å²) >= 11 is 0. The van der Waals surface area contributed by atoms with E-state index in [1.807, 2.05) is 55.4 Å². The van der Waals surface area contributed by atoms with Crippen molar-refractivity contribution in [2.45, 2.75) is 13.3 Å². The Labute approximate surface area is 159 Å². The van der Waals surface area contributed by atoms with Crippen LogP contribution in [0.25, 0.3) is 0 Å². The molecule has 1 amide bonds. The van der Waals surface area contributed by atoms with Crippen molar-refractivity contribution >= 4 is 28.8 Å². The van der Waals surface area contributed by atoms with Gasteiger partial charge in [-0.1, -0.05) is 19.1 Å². The number of aryl methyl sites for hydroxylation is 1. The lowest BCUT2D eigenvalue weighted by Gasteiger charge is -2.13. The van der Waals surface area contributed by atoms with Crippen LogP contribution in [0.3, 0.4) is 0 Å². The van der Waals surface area contributed by atoms with Gasteiger partial charge in [0.2, 0.25) is 0 Å². The van der Waals surface area contributed by atoms with Crippen LogP contribution >= 0.6 is 0 Å². The van der Waals surface area contributed by atoms with Gasteiger partial charge >= 0.3 is 0 Å². The lowest BCUT2D eigenvalue weighted by Crippen LogP contribution is -2.14. The zero-order valence-electron chi connectivity index (χ0n) is 15.7. The number of nitrogens with zero attached hydrogens (tertiary/aromatic N) is 3. The van der Waals surface area contributed by atoms with Gasteiger partial charge in [0.15, 0.2) is 0 Å². The minimum absolute atomic E-state index is 0.263. The van der Waals surface area contributed by atoms with Crippen LogP contribution in [-0.4, -0.2) is 30.0 Å². The number of rotatable bonds is 6. The van der Waals surface area contributed by atoms with Crippen LogP contribution in [0.2, 0.25) is 0 Å². The second-order valence-corrected chi connectivity index (χ2v) is 6.36. The zero-order chi connectivity index (χ0) is 19.2. The monoisotopic (exact) mass is 361 g/mol. The average molecular weight is 361 g/mol. The lowest BCUT2D eigenvalue weighted by atomic mass is 10.1. The van der Waals surface area contributed by atoms with Gasteiger partial charge in [-0.3, -0.25) is 4.79 Å². The number of amides is 1. The fourth-order valence-corrected chi connectivity index (χ4v) is 2.52. The summed E-state index contributed by atoms with van der Waals surface area (Å²) in [6.45, 7) is 2.12. The summed E-state index contributed by atoms with van der Waals surface area (Å²) in [5.41, 5.74) is 4.25. The summed E-state index contributed by atoms with van der Waals surface area (Å²) in [5, 5.41) is 6.00. The first-order valence-electron chi connectivity index (χ1n) is 8.82. The Morgan fingerprint density at radius 2 is 1.59 bits per heavy atom. The minimum atomic E-state index is -0.293. The number of nitrogens with one attached hydrogen (secondary N) is 2. The molecule has 6 heteroatoms. The molecule has 0 bridgehead atoms. The largest absolute Gasteiger partial charge is 0.378 e. The molecule has 0 spiro atoms. The second kappa shape index (κ2) is 8.31. The molecule has 0 saturated heterocycles. The zero-order valence-corrected chi connectivity index (χ0v) is 15.7. The average Bonchev–Trinajstić information content (AvgIpc) is 2.69. The van der Waals surface area contributed by atoms with Crippen molar-refractivity contribution in [3.8, 4) is 0 Å². The fourth-order valence-electron chi connectivity index (χ4n) is 2.52. The maximum Gasteiger partial charge on any atom is 0.275 e. The van der Waals surface area contributed by atoms with Crippen molar-refractivity contribution in [3.63, 3.8) is 0 Å².